The van der Waals surface area contributed by atoms with Crippen LogP contribution < -0.4 is 14.9 Å². The number of Topliss-reactive ketones (excluding diaryl/α,β-unsaturated/α-hetero) is 1. The van der Waals surface area contributed by atoms with Gasteiger partial charge in [0.05, 0.1) is 5.56 Å². The Balaban J connectivity index is 1.63. The molecule has 28 heavy (non-hydrogen) atoms. The van der Waals surface area contributed by atoms with E-state index in [0.29, 0.717) is 27.8 Å². The Hall–Kier alpha value is -3.18. The van der Waals surface area contributed by atoms with Gasteiger partial charge in [0, 0.05) is 27.1 Å². The minimum absolute atomic E-state index is 0.00898. The van der Waals surface area contributed by atoms with Crippen LogP contribution in [0.25, 0.3) is 20.2 Å². The molecule has 0 aliphatic heterocycles. The van der Waals surface area contributed by atoms with Crippen molar-refractivity contribution in [2.45, 2.75) is 20.1 Å². The highest BCUT2D eigenvalue weighted by Crippen LogP contribution is 2.28. The van der Waals surface area contributed by atoms with E-state index in [2.05, 4.69) is 0 Å². The second-order valence-corrected chi connectivity index (χ2v) is 7.52. The van der Waals surface area contributed by atoms with Crippen LogP contribution in [-0.4, -0.2) is 12.1 Å². The maximum absolute atomic E-state index is 12.8. The lowest BCUT2D eigenvalue weighted by Gasteiger charge is -2.18. The van der Waals surface area contributed by atoms with E-state index in [-0.39, 0.29) is 11.2 Å². The van der Waals surface area contributed by atoms with Crippen LogP contribution in [0.2, 0.25) is 0 Å². The Labute approximate surface area is 166 Å². The smallest absolute Gasteiger partial charge is 0.238 e. The fourth-order valence-corrected chi connectivity index (χ4v) is 4.16. The van der Waals surface area contributed by atoms with Crippen LogP contribution in [0.3, 0.4) is 0 Å². The Morgan fingerprint density at radius 1 is 0.893 bits per heavy atom. The number of ketones is 1. The summed E-state index contributed by atoms with van der Waals surface area (Å²) in [6.07, 6.45) is -0.628. The minimum atomic E-state index is -0.628. The van der Waals surface area contributed by atoms with E-state index in [9.17, 15) is 9.59 Å². The average molecular weight is 390 g/mol. The predicted octanol–water partition coefficient (Wildman–Crippen LogP) is 5.42. The maximum Gasteiger partial charge on any atom is 0.238 e. The van der Waals surface area contributed by atoms with Crippen molar-refractivity contribution in [3.8, 4) is 11.5 Å². The zero-order valence-electron chi connectivity index (χ0n) is 15.5. The van der Waals surface area contributed by atoms with Crippen molar-refractivity contribution in [3.63, 3.8) is 0 Å². The molecule has 140 valence electrons. The molecule has 4 rings (SSSR count). The first-order valence-corrected chi connectivity index (χ1v) is 9.73. The van der Waals surface area contributed by atoms with Crippen molar-refractivity contribution in [3.05, 3.63) is 82.5 Å². The van der Waals surface area contributed by atoms with Gasteiger partial charge in [-0.25, -0.2) is 0 Å². The molecular weight excluding hydrogens is 372 g/mol. The number of para-hydroxylation sites is 1. The molecule has 0 saturated carbocycles. The first kappa shape index (κ1) is 18.2. The quantitative estimate of drug-likeness (QED) is 0.259. The van der Waals surface area contributed by atoms with E-state index in [1.807, 2.05) is 36.4 Å². The SMILES string of the molecule is CC(=O)c1ccccc1OC(C)Oc1ccc2sc3ccccc3c(=O)c2c1. The number of hydrogen-bond donors (Lipinski definition) is 0. The van der Waals surface area contributed by atoms with Crippen molar-refractivity contribution in [1.29, 1.82) is 0 Å². The molecule has 0 amide bonds. The molecule has 1 heterocycles. The zero-order chi connectivity index (χ0) is 19.7. The van der Waals surface area contributed by atoms with Gasteiger partial charge < -0.3 is 9.47 Å². The molecular formula is C23H18O4S. The Bertz CT molecular complexity index is 1240. The molecule has 0 aliphatic rings. The summed E-state index contributed by atoms with van der Waals surface area (Å²) in [4.78, 5) is 24.6. The van der Waals surface area contributed by atoms with Crippen molar-refractivity contribution in [1.82, 2.24) is 0 Å². The van der Waals surface area contributed by atoms with Gasteiger partial charge in [-0.2, -0.15) is 0 Å². The van der Waals surface area contributed by atoms with Gasteiger partial charge in [0.2, 0.25) is 6.29 Å². The number of ether oxygens (including phenoxy) is 2. The van der Waals surface area contributed by atoms with Gasteiger partial charge in [-0.3, -0.25) is 9.59 Å². The highest BCUT2D eigenvalue weighted by Gasteiger charge is 2.13. The summed E-state index contributed by atoms with van der Waals surface area (Å²) in [7, 11) is 0. The third kappa shape index (κ3) is 3.49. The molecule has 0 saturated heterocycles. The minimum Gasteiger partial charge on any atom is -0.455 e. The fraction of sp³-hybridized carbons (Fsp3) is 0.130. The number of hydrogen-bond acceptors (Lipinski definition) is 5. The van der Waals surface area contributed by atoms with E-state index in [4.69, 9.17) is 9.47 Å². The Kier molecular flexibility index (Phi) is 4.84. The summed E-state index contributed by atoms with van der Waals surface area (Å²) in [6, 6.07) is 20.1. The highest BCUT2D eigenvalue weighted by atomic mass is 32.1. The number of benzene rings is 3. The Morgan fingerprint density at radius 2 is 1.61 bits per heavy atom. The fourth-order valence-electron chi connectivity index (χ4n) is 3.11. The summed E-state index contributed by atoms with van der Waals surface area (Å²) in [6.45, 7) is 3.25. The molecule has 4 aromatic rings. The summed E-state index contributed by atoms with van der Waals surface area (Å²) in [5.74, 6) is 0.943. The third-order valence-electron chi connectivity index (χ3n) is 4.41. The zero-order valence-corrected chi connectivity index (χ0v) is 16.3. The molecule has 0 fully saturated rings. The Morgan fingerprint density at radius 3 is 2.43 bits per heavy atom. The molecule has 0 bridgehead atoms. The molecule has 5 heteroatoms. The molecule has 1 aromatic heterocycles. The number of carbonyl (C=O) groups excluding carboxylic acids is 1. The lowest BCUT2D eigenvalue weighted by molar-refractivity contribution is 0.0218. The van der Waals surface area contributed by atoms with Gasteiger partial charge in [-0.05, 0) is 49.4 Å². The molecule has 1 atom stereocenters. The first-order chi connectivity index (χ1) is 13.5. The molecule has 0 radical (unpaired) electrons. The molecule has 4 nitrogen and oxygen atoms in total. The largest absolute Gasteiger partial charge is 0.455 e. The monoisotopic (exact) mass is 390 g/mol. The van der Waals surface area contributed by atoms with Gasteiger partial charge >= 0.3 is 0 Å². The van der Waals surface area contributed by atoms with Gasteiger partial charge in [-0.1, -0.05) is 24.3 Å². The van der Waals surface area contributed by atoms with Crippen LogP contribution in [0.4, 0.5) is 0 Å². The van der Waals surface area contributed by atoms with E-state index >= 15 is 0 Å². The van der Waals surface area contributed by atoms with Crippen molar-refractivity contribution in [2.24, 2.45) is 0 Å². The lowest BCUT2D eigenvalue weighted by atomic mass is 10.1. The highest BCUT2D eigenvalue weighted by molar-refractivity contribution is 7.24. The summed E-state index contributed by atoms with van der Waals surface area (Å²) in [5.41, 5.74) is 0.497. The normalized spacial score (nSPS) is 12.1. The molecule has 1 unspecified atom stereocenters. The summed E-state index contributed by atoms with van der Waals surface area (Å²) >= 11 is 1.58. The van der Waals surface area contributed by atoms with Gasteiger partial charge in [0.25, 0.3) is 0 Å². The van der Waals surface area contributed by atoms with E-state index in [1.54, 1.807) is 48.6 Å². The second kappa shape index (κ2) is 7.44. The van der Waals surface area contributed by atoms with Crippen LogP contribution in [0.5, 0.6) is 11.5 Å². The summed E-state index contributed by atoms with van der Waals surface area (Å²) < 4.78 is 13.5. The van der Waals surface area contributed by atoms with Crippen molar-refractivity contribution >= 4 is 37.3 Å². The second-order valence-electron chi connectivity index (χ2n) is 6.44. The van der Waals surface area contributed by atoms with Gasteiger partial charge in [0.1, 0.15) is 11.5 Å². The van der Waals surface area contributed by atoms with Crippen LogP contribution in [0.15, 0.2) is 71.5 Å². The first-order valence-electron chi connectivity index (χ1n) is 8.92. The van der Waals surface area contributed by atoms with Gasteiger partial charge in [0.15, 0.2) is 11.2 Å². The van der Waals surface area contributed by atoms with Crippen molar-refractivity contribution in [2.75, 3.05) is 0 Å². The maximum atomic E-state index is 12.8. The number of rotatable bonds is 5. The van der Waals surface area contributed by atoms with Crippen LogP contribution in [0.1, 0.15) is 24.2 Å². The standard InChI is InChI=1S/C23H18O4S/c1-14(24)17-7-3-5-9-20(17)27-15(2)26-16-11-12-22-19(13-16)23(25)18-8-4-6-10-21(18)28-22/h3-13,15H,1-2H3. The summed E-state index contributed by atoms with van der Waals surface area (Å²) in [5, 5.41) is 1.33. The predicted molar refractivity (Wildman–Crippen MR) is 113 cm³/mol. The molecule has 0 N–H and O–H groups in total. The molecule has 3 aromatic carbocycles. The van der Waals surface area contributed by atoms with Crippen LogP contribution >= 0.6 is 11.3 Å². The third-order valence-corrected chi connectivity index (χ3v) is 5.56. The number of fused-ring (bicyclic) bond motifs is 2. The number of carbonyl (C=O) groups is 1. The lowest BCUT2D eigenvalue weighted by Crippen LogP contribution is -2.20. The van der Waals surface area contributed by atoms with Crippen molar-refractivity contribution < 1.29 is 14.3 Å². The average Bonchev–Trinajstić information content (AvgIpc) is 2.69. The molecule has 0 spiro atoms. The van der Waals surface area contributed by atoms with E-state index in [1.165, 1.54) is 6.92 Å². The van der Waals surface area contributed by atoms with Gasteiger partial charge in [-0.15, -0.1) is 11.3 Å². The molecule has 0 aliphatic carbocycles. The van der Waals surface area contributed by atoms with Crippen LogP contribution in [-0.2, 0) is 0 Å². The van der Waals surface area contributed by atoms with Crippen LogP contribution in [0, 0.1) is 0 Å². The van der Waals surface area contributed by atoms with E-state index in [0.717, 1.165) is 9.40 Å². The van der Waals surface area contributed by atoms with E-state index < -0.39 is 6.29 Å². The topological polar surface area (TPSA) is 52.6 Å².